The standard InChI is InChI=1S/C74H99N7O11/c1-10-80(61-32-37-86-38-33-61)66-47-60(46-64(53(66)4)70(83)75-48-65-51(2)45-52(3)76-71(65)91-50-56-17-13-11-14-18-56)57-23-27-63(28-24-57)90-44-42-88-40-39-87-41-43-89-62-25-21-55(22-26-62)29-34-79-35-30-58-31-36-81(67(58)49-79)72(84)68(59-19-15-12-16-20-59)77-69(82)54(5)78(9)73(85)92-74(6,7)8/h11,13-14,17-18,21-28,45-47,54,58,61,67H,10,12,15-16,19-20,29-44,48-50H2,1-9H3,(H,75,83)(H,77,82)/t54-,58+,67?/m0/s1. The first-order chi connectivity index (χ1) is 44.4. The van der Waals surface area contributed by atoms with Crippen LogP contribution in [0.15, 0.2) is 108 Å². The molecule has 3 aliphatic heterocycles. The van der Waals surface area contributed by atoms with E-state index in [1.807, 2.05) is 105 Å². The summed E-state index contributed by atoms with van der Waals surface area (Å²) in [6.45, 7) is 23.9. The van der Waals surface area contributed by atoms with Crippen molar-refractivity contribution in [3.8, 4) is 28.5 Å². The Morgan fingerprint density at radius 1 is 0.750 bits per heavy atom. The second kappa shape index (κ2) is 33.4. The van der Waals surface area contributed by atoms with Gasteiger partial charge in [0.25, 0.3) is 11.8 Å². The molecule has 0 spiro atoms. The van der Waals surface area contributed by atoms with Crippen molar-refractivity contribution in [2.24, 2.45) is 5.92 Å². The lowest BCUT2D eigenvalue weighted by molar-refractivity contribution is -0.132. The molecular formula is C74H99N7O11. The molecule has 0 bridgehead atoms. The number of carbonyl (C=O) groups is 4. The summed E-state index contributed by atoms with van der Waals surface area (Å²) in [7, 11) is 1.55. The van der Waals surface area contributed by atoms with Crippen molar-refractivity contribution in [1.82, 2.24) is 30.3 Å². The molecule has 4 fully saturated rings. The number of hydrogen-bond acceptors (Lipinski definition) is 14. The first-order valence-corrected chi connectivity index (χ1v) is 33.5. The van der Waals surface area contributed by atoms with Gasteiger partial charge in [0.2, 0.25) is 11.8 Å². The first kappa shape index (κ1) is 68.8. The Bertz CT molecular complexity index is 3260. The third-order valence-electron chi connectivity index (χ3n) is 18.3. The quantitative estimate of drug-likeness (QED) is 0.0356. The fourth-order valence-electron chi connectivity index (χ4n) is 12.9. The molecule has 3 saturated heterocycles. The van der Waals surface area contributed by atoms with Crippen LogP contribution in [0.2, 0.25) is 0 Å². The Hall–Kier alpha value is -7.51. The van der Waals surface area contributed by atoms with Gasteiger partial charge >= 0.3 is 6.09 Å². The lowest BCUT2D eigenvalue weighted by Gasteiger charge is -2.39. The summed E-state index contributed by atoms with van der Waals surface area (Å²) < 4.78 is 41.3. The highest BCUT2D eigenvalue weighted by Gasteiger charge is 2.42. The SMILES string of the molecule is CCN(c1cc(-c2ccc(OCCOCCOCCOc3ccc(CCN4CC[C@@H]5CCN(C(=O)C(NC(=O)[C@H](C)N(C)C(=O)OC(C)(C)C)=C6CCCCC6)C5C4)cc3)cc2)cc(C(=O)NCc2c(C)cc(C)nc2OCc2ccccc2)c1C)C1CCOCC1. The van der Waals surface area contributed by atoms with Crippen molar-refractivity contribution >= 4 is 29.5 Å². The molecule has 9 rings (SSSR count). The fraction of sp³-hybridized carbons (Fsp3) is 0.527. The molecule has 4 heterocycles. The van der Waals surface area contributed by atoms with Crippen LogP contribution in [0.5, 0.6) is 17.4 Å². The fourth-order valence-corrected chi connectivity index (χ4v) is 12.9. The molecule has 4 amide bonds. The highest BCUT2D eigenvalue weighted by atomic mass is 16.6. The number of rotatable bonds is 28. The number of nitrogens with zero attached hydrogens (tertiary/aromatic N) is 5. The minimum atomic E-state index is -0.829. The molecule has 4 aliphatic rings. The third-order valence-corrected chi connectivity index (χ3v) is 18.3. The third kappa shape index (κ3) is 19.1. The predicted octanol–water partition coefficient (Wildman–Crippen LogP) is 11.7. The number of piperidine rings is 1. The zero-order valence-corrected chi connectivity index (χ0v) is 56.0. The van der Waals surface area contributed by atoms with Gasteiger partial charge in [0.1, 0.15) is 48.7 Å². The summed E-state index contributed by atoms with van der Waals surface area (Å²) in [6, 6.07) is 32.0. The Morgan fingerprint density at radius 2 is 1.40 bits per heavy atom. The Labute approximate surface area is 545 Å². The van der Waals surface area contributed by atoms with Crippen molar-refractivity contribution in [2.45, 2.75) is 156 Å². The number of likely N-dealkylation sites (tertiary alicyclic amines) is 2. The van der Waals surface area contributed by atoms with E-state index in [2.05, 4.69) is 45.6 Å². The number of likely N-dealkylation sites (N-methyl/N-ethyl adjacent to an activating group) is 1. The summed E-state index contributed by atoms with van der Waals surface area (Å²) in [6.07, 6.45) is 8.75. The van der Waals surface area contributed by atoms with Gasteiger partial charge in [-0.25, -0.2) is 9.78 Å². The topological polar surface area (TPSA) is 183 Å². The van der Waals surface area contributed by atoms with Gasteiger partial charge in [-0.2, -0.15) is 0 Å². The van der Waals surface area contributed by atoms with E-state index in [9.17, 15) is 19.2 Å². The highest BCUT2D eigenvalue weighted by molar-refractivity contribution is 6.00. The molecule has 0 radical (unpaired) electrons. The van der Waals surface area contributed by atoms with Gasteiger partial charge in [0.15, 0.2) is 0 Å². The molecular weight excluding hydrogens is 1160 g/mol. The number of pyridine rings is 1. The molecule has 1 aliphatic carbocycles. The van der Waals surface area contributed by atoms with Crippen molar-refractivity contribution in [3.63, 3.8) is 0 Å². The maximum absolute atomic E-state index is 14.6. The van der Waals surface area contributed by atoms with E-state index in [-0.39, 0.29) is 24.4 Å². The number of allylic oxidation sites excluding steroid dienone is 1. The highest BCUT2D eigenvalue weighted by Crippen LogP contribution is 2.37. The lowest BCUT2D eigenvalue weighted by Crippen LogP contribution is -2.53. The smallest absolute Gasteiger partial charge is 0.410 e. The van der Waals surface area contributed by atoms with Crippen LogP contribution in [0.3, 0.4) is 0 Å². The molecule has 3 atom stereocenters. The zero-order valence-electron chi connectivity index (χ0n) is 56.0. The van der Waals surface area contributed by atoms with Crippen molar-refractivity contribution in [3.05, 3.63) is 147 Å². The number of anilines is 1. The summed E-state index contributed by atoms with van der Waals surface area (Å²) in [5.41, 5.74) is 10.2. The molecule has 1 saturated carbocycles. The average Bonchev–Trinajstić information content (AvgIpc) is 1.30. The van der Waals surface area contributed by atoms with Gasteiger partial charge < -0.3 is 58.5 Å². The maximum atomic E-state index is 14.6. The molecule has 18 heteroatoms. The van der Waals surface area contributed by atoms with E-state index < -0.39 is 23.6 Å². The Morgan fingerprint density at radius 3 is 2.07 bits per heavy atom. The molecule has 92 heavy (non-hydrogen) atoms. The van der Waals surface area contributed by atoms with Crippen LogP contribution in [0, 0.1) is 26.7 Å². The number of aromatic nitrogens is 1. The van der Waals surface area contributed by atoms with Gasteiger partial charge in [-0.3, -0.25) is 19.3 Å². The second-order valence-corrected chi connectivity index (χ2v) is 26.0. The van der Waals surface area contributed by atoms with E-state index in [4.69, 9.17) is 38.1 Å². The van der Waals surface area contributed by atoms with Gasteiger partial charge in [0.05, 0.1) is 26.4 Å². The largest absolute Gasteiger partial charge is 0.491 e. The molecule has 2 N–H and O–H groups in total. The number of nitrogens with one attached hydrogen (secondary N) is 2. The van der Waals surface area contributed by atoms with Crippen LogP contribution in [-0.4, -0.2) is 160 Å². The van der Waals surface area contributed by atoms with E-state index in [1.54, 1.807) is 34.7 Å². The summed E-state index contributed by atoms with van der Waals surface area (Å²) in [4.78, 5) is 68.5. The van der Waals surface area contributed by atoms with Crippen LogP contribution < -0.4 is 29.7 Å². The lowest BCUT2D eigenvalue weighted by atomic mass is 9.91. The molecule has 5 aromatic rings. The number of amides is 4. The maximum Gasteiger partial charge on any atom is 0.410 e. The first-order valence-electron chi connectivity index (χ1n) is 33.5. The van der Waals surface area contributed by atoms with Crippen LogP contribution in [-0.2, 0) is 48.1 Å². The summed E-state index contributed by atoms with van der Waals surface area (Å²) in [5.74, 6) is 1.80. The van der Waals surface area contributed by atoms with Crippen molar-refractivity contribution in [1.29, 1.82) is 0 Å². The number of benzene rings is 4. The predicted molar refractivity (Wildman–Crippen MR) is 358 cm³/mol. The molecule has 1 unspecified atom stereocenters. The van der Waals surface area contributed by atoms with E-state index in [0.29, 0.717) is 95.1 Å². The number of hydrogen-bond donors (Lipinski definition) is 2. The Kier molecular flexibility index (Phi) is 25.0. The number of ether oxygens (including phenoxy) is 7. The number of fused-ring (bicyclic) bond motifs is 1. The van der Waals surface area contributed by atoms with Crippen LogP contribution >= 0.6 is 0 Å². The van der Waals surface area contributed by atoms with Crippen LogP contribution in [0.25, 0.3) is 11.1 Å². The molecule has 18 nitrogen and oxygen atoms in total. The molecule has 1 aromatic heterocycles. The Balaban J connectivity index is 0.690. The van der Waals surface area contributed by atoms with Gasteiger partial charge in [-0.15, -0.1) is 0 Å². The summed E-state index contributed by atoms with van der Waals surface area (Å²) >= 11 is 0. The van der Waals surface area contributed by atoms with E-state index >= 15 is 0 Å². The zero-order chi connectivity index (χ0) is 65.2. The number of carbonyl (C=O) groups excluding carboxylic acids is 4. The minimum Gasteiger partial charge on any atom is -0.491 e. The van der Waals surface area contributed by atoms with Crippen molar-refractivity contribution < 1.29 is 52.3 Å². The van der Waals surface area contributed by atoms with Crippen molar-refractivity contribution in [2.75, 3.05) is 97.5 Å². The second-order valence-electron chi connectivity index (χ2n) is 26.0. The van der Waals surface area contributed by atoms with E-state index in [1.165, 1.54) is 10.5 Å². The summed E-state index contributed by atoms with van der Waals surface area (Å²) in [5, 5.41) is 6.26. The molecule has 4 aromatic carbocycles. The average molecular weight is 1260 g/mol. The van der Waals surface area contributed by atoms with Gasteiger partial charge in [-0.05, 0) is 207 Å². The van der Waals surface area contributed by atoms with Crippen LogP contribution in [0.1, 0.15) is 136 Å². The monoisotopic (exact) mass is 1260 g/mol. The van der Waals surface area contributed by atoms with Crippen LogP contribution in [0.4, 0.5) is 10.5 Å². The normalized spacial score (nSPS) is 17.3. The van der Waals surface area contributed by atoms with Gasteiger partial charge in [-0.1, -0.05) is 61.0 Å². The molecule has 496 valence electrons. The van der Waals surface area contributed by atoms with E-state index in [0.717, 1.165) is 152 Å². The number of aryl methyl sites for hydroxylation is 2. The minimum absolute atomic E-state index is 0.0754. The van der Waals surface area contributed by atoms with Gasteiger partial charge in [0, 0.05) is 87.6 Å².